The molecule has 0 fully saturated rings. The monoisotopic (exact) mass is 228 g/mol. The number of carboxylic acid groups (broad SMARTS) is 1. The zero-order valence-electron chi connectivity index (χ0n) is 8.88. The van der Waals surface area contributed by atoms with Crippen LogP contribution in [0, 0.1) is 0 Å². The maximum atomic E-state index is 10.9. The number of carbonyl (C=O) groups excluding carboxylic acids is 2. The topological polar surface area (TPSA) is 66.4 Å². The molecule has 4 nitrogen and oxygen atoms in total. The van der Waals surface area contributed by atoms with Gasteiger partial charge in [0.15, 0.2) is 0 Å². The van der Waals surface area contributed by atoms with E-state index < -0.39 is 11.9 Å². The molecule has 0 saturated heterocycles. The molecule has 5 heteroatoms. The predicted octanol–water partition coefficient (Wildman–Crippen LogP) is -2.96. The average Bonchev–Trinajstić information content (AvgIpc) is 2.25. The molecular formula is C11H9NaO4. The molecule has 0 heterocycles. The van der Waals surface area contributed by atoms with Crippen molar-refractivity contribution in [2.24, 2.45) is 0 Å². The average molecular weight is 228 g/mol. The maximum absolute atomic E-state index is 10.9. The van der Waals surface area contributed by atoms with E-state index in [0.29, 0.717) is 6.08 Å². The van der Waals surface area contributed by atoms with Crippen LogP contribution in [-0.4, -0.2) is 11.9 Å². The third kappa shape index (κ3) is 6.40. The van der Waals surface area contributed by atoms with E-state index in [4.69, 9.17) is 4.74 Å². The minimum Gasteiger partial charge on any atom is -0.545 e. The van der Waals surface area contributed by atoms with Crippen LogP contribution >= 0.6 is 0 Å². The molecule has 0 amide bonds. The molecule has 0 radical (unpaired) electrons. The largest absolute Gasteiger partial charge is 1.00 e. The van der Waals surface area contributed by atoms with Crippen molar-refractivity contribution in [3.05, 3.63) is 48.0 Å². The van der Waals surface area contributed by atoms with Gasteiger partial charge < -0.3 is 14.6 Å². The molecule has 0 atom stereocenters. The van der Waals surface area contributed by atoms with Crippen molar-refractivity contribution < 1.29 is 49.0 Å². The summed E-state index contributed by atoms with van der Waals surface area (Å²) in [5, 5.41) is 9.97. The van der Waals surface area contributed by atoms with Crippen LogP contribution in [0.15, 0.2) is 42.5 Å². The Labute approximate surface area is 115 Å². The van der Waals surface area contributed by atoms with Crippen LogP contribution in [0.1, 0.15) is 5.56 Å². The summed E-state index contributed by atoms with van der Waals surface area (Å²) in [6.07, 6.45) is 1.45. The fourth-order valence-electron chi connectivity index (χ4n) is 0.913. The Bertz CT molecular complexity index is 373. The van der Waals surface area contributed by atoms with Crippen LogP contribution in [0.2, 0.25) is 0 Å². The molecule has 1 rings (SSSR count). The number of esters is 1. The van der Waals surface area contributed by atoms with Crippen molar-refractivity contribution in [1.29, 1.82) is 0 Å². The molecule has 0 aliphatic heterocycles. The zero-order chi connectivity index (χ0) is 11.1. The second kappa shape index (κ2) is 8.10. The van der Waals surface area contributed by atoms with Gasteiger partial charge in [-0.15, -0.1) is 0 Å². The molecule has 0 aliphatic carbocycles. The van der Waals surface area contributed by atoms with Crippen molar-refractivity contribution in [1.82, 2.24) is 0 Å². The molecule has 16 heavy (non-hydrogen) atoms. The summed E-state index contributed by atoms with van der Waals surface area (Å²) in [7, 11) is 0. The number of ether oxygens (including phenoxy) is 1. The summed E-state index contributed by atoms with van der Waals surface area (Å²) in [6, 6.07) is 9.09. The first kappa shape index (κ1) is 14.9. The maximum Gasteiger partial charge on any atom is 1.00 e. The second-order valence-electron chi connectivity index (χ2n) is 2.75. The van der Waals surface area contributed by atoms with E-state index in [2.05, 4.69) is 0 Å². The van der Waals surface area contributed by atoms with Gasteiger partial charge in [-0.1, -0.05) is 30.3 Å². The van der Waals surface area contributed by atoms with Crippen LogP contribution in [0.4, 0.5) is 0 Å². The smallest absolute Gasteiger partial charge is 0.545 e. The van der Waals surface area contributed by atoms with E-state index in [9.17, 15) is 14.7 Å². The molecule has 0 unspecified atom stereocenters. The molecule has 0 N–H and O–H groups in total. The van der Waals surface area contributed by atoms with Gasteiger partial charge in [-0.25, -0.2) is 4.79 Å². The first-order valence-electron chi connectivity index (χ1n) is 4.28. The van der Waals surface area contributed by atoms with Crippen LogP contribution in [0.5, 0.6) is 0 Å². The number of hydrogen-bond donors (Lipinski definition) is 0. The molecule has 0 spiro atoms. The predicted molar refractivity (Wildman–Crippen MR) is 50.4 cm³/mol. The van der Waals surface area contributed by atoms with Gasteiger partial charge in [0, 0.05) is 6.08 Å². The number of carboxylic acids is 1. The minimum atomic E-state index is -1.42. The van der Waals surface area contributed by atoms with Gasteiger partial charge in [-0.05, 0) is 11.6 Å². The molecule has 0 aromatic heterocycles. The summed E-state index contributed by atoms with van der Waals surface area (Å²) in [6.45, 7) is 0.122. The normalized spacial score (nSPS) is 9.50. The Morgan fingerprint density at radius 2 is 1.81 bits per heavy atom. The Kier molecular flexibility index (Phi) is 7.54. The van der Waals surface area contributed by atoms with Crippen molar-refractivity contribution in [3.63, 3.8) is 0 Å². The number of rotatable bonds is 4. The summed E-state index contributed by atoms with van der Waals surface area (Å²) in [4.78, 5) is 20.9. The summed E-state index contributed by atoms with van der Waals surface area (Å²) in [5.74, 6) is -2.13. The van der Waals surface area contributed by atoms with Crippen LogP contribution in [0.3, 0.4) is 0 Å². The summed E-state index contributed by atoms with van der Waals surface area (Å²) >= 11 is 0. The van der Waals surface area contributed by atoms with E-state index in [1.807, 2.05) is 18.2 Å². The van der Waals surface area contributed by atoms with Crippen molar-refractivity contribution in [2.45, 2.75) is 6.61 Å². The van der Waals surface area contributed by atoms with Gasteiger partial charge in [0.25, 0.3) is 0 Å². The third-order valence-corrected chi connectivity index (χ3v) is 1.58. The van der Waals surface area contributed by atoms with Crippen molar-refractivity contribution in [2.75, 3.05) is 0 Å². The fourth-order valence-corrected chi connectivity index (χ4v) is 0.913. The number of hydrogen-bond acceptors (Lipinski definition) is 4. The molecule has 0 bridgehead atoms. The fraction of sp³-hybridized carbons (Fsp3) is 0.0909. The minimum absolute atomic E-state index is 0. The quantitative estimate of drug-likeness (QED) is 0.314. The first-order chi connectivity index (χ1) is 7.18. The molecule has 0 saturated carbocycles. The summed E-state index contributed by atoms with van der Waals surface area (Å²) in [5.41, 5.74) is 0.840. The SMILES string of the molecule is O=C([O-])/C=C\C(=O)OCc1ccccc1.[Na+]. The molecular weight excluding hydrogens is 219 g/mol. The first-order valence-corrected chi connectivity index (χ1v) is 4.28. The zero-order valence-corrected chi connectivity index (χ0v) is 10.9. The molecule has 1 aromatic rings. The Hall–Kier alpha value is -1.10. The van der Waals surface area contributed by atoms with Gasteiger partial charge in [0.1, 0.15) is 6.61 Å². The molecule has 0 aliphatic rings. The Morgan fingerprint density at radius 1 is 1.19 bits per heavy atom. The number of carbonyl (C=O) groups is 2. The van der Waals surface area contributed by atoms with Gasteiger partial charge in [0.05, 0.1) is 5.97 Å². The van der Waals surface area contributed by atoms with Crippen molar-refractivity contribution in [3.8, 4) is 0 Å². The van der Waals surface area contributed by atoms with E-state index in [1.54, 1.807) is 12.1 Å². The number of aliphatic carboxylic acids is 1. The van der Waals surface area contributed by atoms with E-state index in [-0.39, 0.29) is 36.2 Å². The van der Waals surface area contributed by atoms with Gasteiger partial charge >= 0.3 is 35.5 Å². The standard InChI is InChI=1S/C11H10O4.Na/c12-10(13)6-7-11(14)15-8-9-4-2-1-3-5-9;/h1-7H,8H2,(H,12,13);/q;+1/p-1/b7-6-;. The molecule has 78 valence electrons. The van der Waals surface area contributed by atoms with Crippen molar-refractivity contribution >= 4 is 11.9 Å². The third-order valence-electron chi connectivity index (χ3n) is 1.58. The second-order valence-corrected chi connectivity index (χ2v) is 2.75. The van der Waals surface area contributed by atoms with E-state index in [0.717, 1.165) is 11.6 Å². The van der Waals surface area contributed by atoms with Gasteiger partial charge in [-0.3, -0.25) is 0 Å². The van der Waals surface area contributed by atoms with E-state index >= 15 is 0 Å². The number of benzene rings is 1. The van der Waals surface area contributed by atoms with Gasteiger partial charge in [0.2, 0.25) is 0 Å². The Balaban J connectivity index is 0.00000225. The van der Waals surface area contributed by atoms with E-state index in [1.165, 1.54) is 0 Å². The molecule has 1 aromatic carbocycles. The van der Waals surface area contributed by atoms with Crippen LogP contribution in [0.25, 0.3) is 0 Å². The summed E-state index contributed by atoms with van der Waals surface area (Å²) < 4.78 is 4.76. The Morgan fingerprint density at radius 3 is 2.38 bits per heavy atom. The van der Waals surface area contributed by atoms with Crippen LogP contribution in [-0.2, 0) is 20.9 Å². The van der Waals surface area contributed by atoms with Crippen LogP contribution < -0.4 is 34.7 Å². The van der Waals surface area contributed by atoms with Gasteiger partial charge in [-0.2, -0.15) is 0 Å².